The van der Waals surface area contributed by atoms with E-state index in [2.05, 4.69) is 5.32 Å². The highest BCUT2D eigenvalue weighted by molar-refractivity contribution is 5.94. The average molecular weight is 363 g/mol. The second-order valence-electron chi connectivity index (χ2n) is 5.84. The molecule has 0 aromatic heterocycles. The van der Waals surface area contributed by atoms with Crippen molar-refractivity contribution in [3.8, 4) is 11.5 Å². The first-order valence-corrected chi connectivity index (χ1v) is 8.02. The van der Waals surface area contributed by atoms with Gasteiger partial charge in [0.15, 0.2) is 0 Å². The fourth-order valence-electron chi connectivity index (χ4n) is 2.72. The highest BCUT2D eigenvalue weighted by Gasteiger charge is 2.16. The molecule has 0 atom stereocenters. The zero-order valence-corrected chi connectivity index (χ0v) is 15.3. The maximum atomic E-state index is 12.5. The van der Waals surface area contributed by atoms with Gasteiger partial charge in [0.2, 0.25) is 0 Å². The number of nitrogens with zero attached hydrogens (tertiary/aromatic N) is 1. The summed E-state index contributed by atoms with van der Waals surface area (Å²) in [4.78, 5) is 14.2. The number of methoxy groups -OCH3 is 1. The molecule has 3 rings (SSSR count). The molecule has 0 spiro atoms. The van der Waals surface area contributed by atoms with Gasteiger partial charge in [0.05, 0.1) is 13.7 Å². The molecule has 25 heavy (non-hydrogen) atoms. The van der Waals surface area contributed by atoms with Crippen molar-refractivity contribution in [1.82, 2.24) is 10.2 Å². The van der Waals surface area contributed by atoms with Crippen LogP contribution < -0.4 is 14.8 Å². The molecule has 134 valence electrons. The minimum Gasteiger partial charge on any atom is -0.497 e. The lowest BCUT2D eigenvalue weighted by atomic mass is 10.1. The Hall–Kier alpha value is -2.24. The molecule has 1 N–H and O–H groups in total. The van der Waals surface area contributed by atoms with Crippen LogP contribution in [0.3, 0.4) is 0 Å². The van der Waals surface area contributed by atoms with Gasteiger partial charge >= 0.3 is 0 Å². The van der Waals surface area contributed by atoms with E-state index in [4.69, 9.17) is 9.47 Å². The van der Waals surface area contributed by atoms with Crippen LogP contribution in [0.2, 0.25) is 0 Å². The Balaban J connectivity index is 0.00000225. The van der Waals surface area contributed by atoms with E-state index in [1.54, 1.807) is 19.1 Å². The molecular formula is C19H23ClN2O3. The largest absolute Gasteiger partial charge is 0.497 e. The van der Waals surface area contributed by atoms with Crippen molar-refractivity contribution in [2.45, 2.75) is 13.1 Å². The van der Waals surface area contributed by atoms with E-state index >= 15 is 0 Å². The molecule has 0 radical (unpaired) electrons. The zero-order chi connectivity index (χ0) is 16.9. The van der Waals surface area contributed by atoms with Gasteiger partial charge in [-0.3, -0.25) is 4.79 Å². The number of hydrogen-bond donors (Lipinski definition) is 1. The predicted octanol–water partition coefficient (Wildman–Crippen LogP) is 2.87. The summed E-state index contributed by atoms with van der Waals surface area (Å²) in [5.41, 5.74) is 3.21. The van der Waals surface area contributed by atoms with Gasteiger partial charge in [0, 0.05) is 25.7 Å². The van der Waals surface area contributed by atoms with Crippen LogP contribution in [0.15, 0.2) is 42.5 Å². The number of hydrogen-bond acceptors (Lipinski definition) is 4. The molecule has 1 aliphatic heterocycles. The number of halogens is 1. The van der Waals surface area contributed by atoms with Gasteiger partial charge in [-0.1, -0.05) is 6.07 Å². The minimum absolute atomic E-state index is 0. The quantitative estimate of drug-likeness (QED) is 0.858. The molecule has 2 aromatic rings. The summed E-state index contributed by atoms with van der Waals surface area (Å²) in [5, 5.41) is 3.29. The molecule has 0 bridgehead atoms. The van der Waals surface area contributed by atoms with Crippen LogP contribution in [0.4, 0.5) is 0 Å². The first-order valence-electron chi connectivity index (χ1n) is 8.02. The number of benzene rings is 2. The average Bonchev–Trinajstić information content (AvgIpc) is 3.09. The van der Waals surface area contributed by atoms with Crippen molar-refractivity contribution < 1.29 is 14.3 Å². The Morgan fingerprint density at radius 1 is 1.08 bits per heavy atom. The first-order chi connectivity index (χ1) is 11.7. The normalized spacial score (nSPS) is 12.1. The molecule has 1 amide bonds. The Morgan fingerprint density at radius 3 is 2.48 bits per heavy atom. The maximum Gasteiger partial charge on any atom is 0.253 e. The van der Waals surface area contributed by atoms with E-state index in [1.165, 1.54) is 11.1 Å². The van der Waals surface area contributed by atoms with E-state index in [9.17, 15) is 4.79 Å². The highest BCUT2D eigenvalue weighted by atomic mass is 35.5. The third-order valence-corrected chi connectivity index (χ3v) is 4.19. The van der Waals surface area contributed by atoms with Crippen LogP contribution in [0.25, 0.3) is 0 Å². The standard InChI is InChI=1S/C19H22N2O3.ClH/c1-21(9-10-24-18-7-5-17(23-2)6-8-18)19(22)14-3-4-15-12-20-13-16(15)11-14;/h3-8,11,20H,9-10,12-13H2,1-2H3;1H. The lowest BCUT2D eigenvalue weighted by molar-refractivity contribution is 0.0773. The molecule has 0 aliphatic carbocycles. The number of ether oxygens (including phenoxy) is 2. The van der Waals surface area contributed by atoms with Crippen LogP contribution >= 0.6 is 12.4 Å². The lowest BCUT2D eigenvalue weighted by Crippen LogP contribution is -2.31. The molecule has 0 fully saturated rings. The molecule has 5 nitrogen and oxygen atoms in total. The van der Waals surface area contributed by atoms with Gasteiger partial charge < -0.3 is 19.7 Å². The summed E-state index contributed by atoms with van der Waals surface area (Å²) in [6.07, 6.45) is 0. The third-order valence-electron chi connectivity index (χ3n) is 4.19. The number of amides is 1. The fourth-order valence-corrected chi connectivity index (χ4v) is 2.72. The Morgan fingerprint density at radius 2 is 1.76 bits per heavy atom. The van der Waals surface area contributed by atoms with Crippen molar-refractivity contribution in [3.05, 3.63) is 59.2 Å². The van der Waals surface area contributed by atoms with Crippen LogP contribution in [0.1, 0.15) is 21.5 Å². The molecule has 0 saturated carbocycles. The van der Waals surface area contributed by atoms with Crippen LogP contribution in [-0.2, 0) is 13.1 Å². The van der Waals surface area contributed by atoms with Gasteiger partial charge in [-0.25, -0.2) is 0 Å². The zero-order valence-electron chi connectivity index (χ0n) is 14.5. The van der Waals surface area contributed by atoms with E-state index < -0.39 is 0 Å². The summed E-state index contributed by atoms with van der Waals surface area (Å²) in [6, 6.07) is 13.3. The fraction of sp³-hybridized carbons (Fsp3) is 0.316. The second-order valence-corrected chi connectivity index (χ2v) is 5.84. The molecular weight excluding hydrogens is 340 g/mol. The number of carbonyl (C=O) groups is 1. The van der Waals surface area contributed by atoms with E-state index in [1.807, 2.05) is 42.5 Å². The van der Waals surface area contributed by atoms with E-state index in [0.717, 1.165) is 30.2 Å². The van der Waals surface area contributed by atoms with Crippen LogP contribution in [0.5, 0.6) is 11.5 Å². The predicted molar refractivity (Wildman–Crippen MR) is 99.7 cm³/mol. The SMILES string of the molecule is COc1ccc(OCCN(C)C(=O)c2ccc3c(c2)CNC3)cc1.Cl. The van der Waals surface area contributed by atoms with E-state index in [-0.39, 0.29) is 18.3 Å². The highest BCUT2D eigenvalue weighted by Crippen LogP contribution is 2.19. The van der Waals surface area contributed by atoms with Crippen molar-refractivity contribution in [2.24, 2.45) is 0 Å². The number of likely N-dealkylation sites (N-methyl/N-ethyl adjacent to an activating group) is 1. The van der Waals surface area contributed by atoms with Crippen molar-refractivity contribution in [2.75, 3.05) is 27.3 Å². The van der Waals surface area contributed by atoms with Gasteiger partial charge in [-0.15, -0.1) is 12.4 Å². The molecule has 6 heteroatoms. The molecule has 0 saturated heterocycles. The van der Waals surface area contributed by atoms with Crippen molar-refractivity contribution >= 4 is 18.3 Å². The molecule has 1 heterocycles. The lowest BCUT2D eigenvalue weighted by Gasteiger charge is -2.18. The smallest absolute Gasteiger partial charge is 0.253 e. The number of carbonyl (C=O) groups excluding carboxylic acids is 1. The van der Waals surface area contributed by atoms with Crippen LogP contribution in [0, 0.1) is 0 Å². The third kappa shape index (κ3) is 4.65. The van der Waals surface area contributed by atoms with Crippen LogP contribution in [-0.4, -0.2) is 38.1 Å². The van der Waals surface area contributed by atoms with Gasteiger partial charge in [0.1, 0.15) is 18.1 Å². The van der Waals surface area contributed by atoms with Crippen molar-refractivity contribution in [1.29, 1.82) is 0 Å². The van der Waals surface area contributed by atoms with Gasteiger partial charge in [0.25, 0.3) is 5.91 Å². The Bertz CT molecular complexity index is 719. The van der Waals surface area contributed by atoms with Gasteiger partial charge in [-0.2, -0.15) is 0 Å². The molecule has 0 unspecified atom stereocenters. The van der Waals surface area contributed by atoms with Crippen molar-refractivity contribution in [3.63, 3.8) is 0 Å². The number of rotatable bonds is 6. The van der Waals surface area contributed by atoms with E-state index in [0.29, 0.717) is 13.2 Å². The second kappa shape index (κ2) is 8.74. The Labute approximate surface area is 154 Å². The summed E-state index contributed by atoms with van der Waals surface area (Å²) in [5.74, 6) is 1.57. The molecule has 1 aliphatic rings. The monoisotopic (exact) mass is 362 g/mol. The minimum atomic E-state index is 0. The summed E-state index contributed by atoms with van der Waals surface area (Å²) >= 11 is 0. The maximum absolute atomic E-state index is 12.5. The topological polar surface area (TPSA) is 50.8 Å². The Kier molecular flexibility index (Phi) is 6.67. The number of nitrogens with one attached hydrogen (secondary N) is 1. The summed E-state index contributed by atoms with van der Waals surface area (Å²) < 4.78 is 10.8. The van der Waals surface area contributed by atoms with Gasteiger partial charge in [-0.05, 0) is 47.5 Å². The molecule has 2 aromatic carbocycles. The first kappa shape index (κ1) is 19.1. The summed E-state index contributed by atoms with van der Waals surface area (Å²) in [7, 11) is 3.43. The summed E-state index contributed by atoms with van der Waals surface area (Å²) in [6.45, 7) is 2.69. The number of fused-ring (bicyclic) bond motifs is 1.